The lowest BCUT2D eigenvalue weighted by atomic mass is 10.3. The first kappa shape index (κ1) is 12.0. The highest BCUT2D eigenvalue weighted by Gasteiger charge is 2.16. The topological polar surface area (TPSA) is 52.3 Å². The van der Waals surface area contributed by atoms with Crippen LogP contribution in [0.1, 0.15) is 16.1 Å². The lowest BCUT2D eigenvalue weighted by Gasteiger charge is -2.05. The van der Waals surface area contributed by atoms with Crippen LogP contribution in [0.5, 0.6) is 5.75 Å². The molecule has 0 atom stereocenters. The minimum atomic E-state index is -0.576. The third kappa shape index (κ3) is 2.60. The van der Waals surface area contributed by atoms with Crippen LogP contribution in [0.15, 0.2) is 28.9 Å². The molecule has 0 saturated heterocycles. The predicted molar refractivity (Wildman–Crippen MR) is 62.7 cm³/mol. The van der Waals surface area contributed by atoms with Crippen LogP contribution >= 0.6 is 23.2 Å². The van der Waals surface area contributed by atoms with Crippen LogP contribution in [0.3, 0.4) is 0 Å². The molecule has 88 valence electrons. The number of carbonyl (C=O) groups is 1. The highest BCUT2D eigenvalue weighted by atomic mass is 35.5. The van der Waals surface area contributed by atoms with Crippen LogP contribution in [0, 0.1) is 6.92 Å². The first-order chi connectivity index (χ1) is 8.08. The van der Waals surface area contributed by atoms with E-state index in [1.807, 2.05) is 0 Å². The van der Waals surface area contributed by atoms with Gasteiger partial charge in [0.2, 0.25) is 0 Å². The van der Waals surface area contributed by atoms with Gasteiger partial charge in [-0.25, -0.2) is 4.79 Å². The minimum Gasteiger partial charge on any atom is -0.421 e. The van der Waals surface area contributed by atoms with E-state index in [0.29, 0.717) is 10.8 Å². The number of hydrogen-bond donors (Lipinski definition) is 0. The molecule has 2 rings (SSSR count). The number of esters is 1. The van der Waals surface area contributed by atoms with Crippen molar-refractivity contribution in [1.29, 1.82) is 0 Å². The number of benzene rings is 1. The van der Waals surface area contributed by atoms with E-state index < -0.39 is 5.97 Å². The van der Waals surface area contributed by atoms with Crippen LogP contribution in [-0.4, -0.2) is 11.1 Å². The van der Waals surface area contributed by atoms with Gasteiger partial charge in [-0.2, -0.15) is 0 Å². The molecule has 6 heteroatoms. The van der Waals surface area contributed by atoms with Crippen LogP contribution in [0.25, 0.3) is 0 Å². The molecule has 0 saturated carbocycles. The van der Waals surface area contributed by atoms with Crippen molar-refractivity contribution < 1.29 is 14.1 Å². The summed E-state index contributed by atoms with van der Waals surface area (Å²) in [6.45, 7) is 1.62. The fourth-order valence-electron chi connectivity index (χ4n) is 1.21. The molecule has 1 aromatic heterocycles. The van der Waals surface area contributed by atoms with Crippen molar-refractivity contribution in [3.8, 4) is 5.75 Å². The smallest absolute Gasteiger partial charge is 0.348 e. The monoisotopic (exact) mass is 271 g/mol. The Morgan fingerprint density at radius 3 is 2.76 bits per heavy atom. The first-order valence-corrected chi connectivity index (χ1v) is 5.42. The fourth-order valence-corrected chi connectivity index (χ4v) is 1.65. The number of ether oxygens (including phenoxy) is 1. The maximum absolute atomic E-state index is 11.7. The average Bonchev–Trinajstić information content (AvgIpc) is 2.68. The van der Waals surface area contributed by atoms with Crippen LogP contribution in [-0.2, 0) is 0 Å². The molecule has 17 heavy (non-hydrogen) atoms. The molecule has 2 aromatic rings. The van der Waals surface area contributed by atoms with Crippen molar-refractivity contribution in [2.24, 2.45) is 0 Å². The third-order valence-electron chi connectivity index (χ3n) is 2.07. The zero-order valence-corrected chi connectivity index (χ0v) is 10.2. The number of hydrogen-bond acceptors (Lipinski definition) is 4. The van der Waals surface area contributed by atoms with E-state index in [4.69, 9.17) is 32.5 Å². The molecular formula is C11H7Cl2NO3. The summed E-state index contributed by atoms with van der Waals surface area (Å²) in [5, 5.41) is 4.22. The second kappa shape index (κ2) is 4.77. The molecule has 0 radical (unpaired) electrons. The lowest BCUT2D eigenvalue weighted by molar-refractivity contribution is 0.0733. The first-order valence-electron chi connectivity index (χ1n) is 4.66. The number of aromatic nitrogens is 1. The number of nitrogens with zero attached hydrogens (tertiary/aromatic N) is 1. The highest BCUT2D eigenvalue weighted by molar-refractivity contribution is 6.35. The van der Waals surface area contributed by atoms with E-state index >= 15 is 0 Å². The third-order valence-corrected chi connectivity index (χ3v) is 2.60. The molecule has 0 N–H and O–H groups in total. The number of rotatable bonds is 2. The average molecular weight is 272 g/mol. The Bertz CT molecular complexity index is 566. The zero-order chi connectivity index (χ0) is 12.4. The van der Waals surface area contributed by atoms with E-state index in [2.05, 4.69) is 5.16 Å². The molecule has 0 fully saturated rings. The summed E-state index contributed by atoms with van der Waals surface area (Å²) >= 11 is 11.6. The van der Waals surface area contributed by atoms with Gasteiger partial charge in [-0.1, -0.05) is 28.4 Å². The van der Waals surface area contributed by atoms with Crippen molar-refractivity contribution in [2.45, 2.75) is 6.92 Å². The van der Waals surface area contributed by atoms with Gasteiger partial charge in [0.25, 0.3) is 0 Å². The minimum absolute atomic E-state index is 0.238. The Labute approximate surface area is 107 Å². The summed E-state index contributed by atoms with van der Waals surface area (Å²) in [6, 6.07) is 4.59. The Balaban J connectivity index is 2.22. The van der Waals surface area contributed by atoms with Gasteiger partial charge in [-0.3, -0.25) is 0 Å². The standard InChI is InChI=1S/C11H7Cl2NO3/c1-6-8(5-14-17-6)11(15)16-10-3-2-7(12)4-9(10)13/h2-5H,1H3. The largest absolute Gasteiger partial charge is 0.421 e. The van der Waals surface area contributed by atoms with Crippen molar-refractivity contribution in [1.82, 2.24) is 5.16 Å². The summed E-state index contributed by atoms with van der Waals surface area (Å²) < 4.78 is 9.86. The number of halogens is 2. The second-order valence-electron chi connectivity index (χ2n) is 3.26. The lowest BCUT2D eigenvalue weighted by Crippen LogP contribution is -2.08. The Morgan fingerprint density at radius 1 is 1.41 bits per heavy atom. The molecule has 1 heterocycles. The normalized spacial score (nSPS) is 10.3. The summed E-state index contributed by atoms with van der Waals surface area (Å²) in [7, 11) is 0. The zero-order valence-electron chi connectivity index (χ0n) is 8.74. The maximum atomic E-state index is 11.7. The van der Waals surface area contributed by atoms with E-state index in [1.54, 1.807) is 13.0 Å². The van der Waals surface area contributed by atoms with Gasteiger partial charge < -0.3 is 9.26 Å². The van der Waals surface area contributed by atoms with Crippen LogP contribution < -0.4 is 4.74 Å². The molecular weight excluding hydrogens is 265 g/mol. The van der Waals surface area contributed by atoms with E-state index in [1.165, 1.54) is 18.3 Å². The Hall–Kier alpha value is -1.52. The molecule has 0 spiro atoms. The SMILES string of the molecule is Cc1oncc1C(=O)Oc1ccc(Cl)cc1Cl. The van der Waals surface area contributed by atoms with Crippen molar-refractivity contribution in [3.63, 3.8) is 0 Å². The molecule has 4 nitrogen and oxygen atoms in total. The molecule has 0 unspecified atom stereocenters. The fraction of sp³-hybridized carbons (Fsp3) is 0.0909. The second-order valence-corrected chi connectivity index (χ2v) is 4.10. The van der Waals surface area contributed by atoms with Gasteiger partial charge >= 0.3 is 5.97 Å². The number of aryl methyl sites for hydroxylation is 1. The quantitative estimate of drug-likeness (QED) is 0.620. The summed E-state index contributed by atoms with van der Waals surface area (Å²) in [5.41, 5.74) is 0.260. The van der Waals surface area contributed by atoms with Crippen LogP contribution in [0.4, 0.5) is 0 Å². The van der Waals surface area contributed by atoms with Gasteiger partial charge in [0.15, 0.2) is 0 Å². The highest BCUT2D eigenvalue weighted by Crippen LogP contribution is 2.28. The van der Waals surface area contributed by atoms with Crippen molar-refractivity contribution >= 4 is 29.2 Å². The Kier molecular flexibility index (Phi) is 3.36. The predicted octanol–water partition coefficient (Wildman–Crippen LogP) is 3.51. The van der Waals surface area contributed by atoms with E-state index in [9.17, 15) is 4.79 Å². The molecule has 0 aliphatic rings. The van der Waals surface area contributed by atoms with Crippen LogP contribution in [0.2, 0.25) is 10.0 Å². The molecule has 0 bridgehead atoms. The van der Waals surface area contributed by atoms with Gasteiger partial charge in [0.05, 0.1) is 11.2 Å². The summed E-state index contributed by atoms with van der Waals surface area (Å²) in [5.74, 6) is 0.0507. The Morgan fingerprint density at radius 2 is 2.18 bits per heavy atom. The van der Waals surface area contributed by atoms with Gasteiger partial charge in [-0.15, -0.1) is 0 Å². The molecule has 0 aliphatic heterocycles. The molecule has 0 aliphatic carbocycles. The molecule has 1 aromatic carbocycles. The molecule has 0 amide bonds. The summed E-state index contributed by atoms with van der Waals surface area (Å²) in [6.07, 6.45) is 1.29. The van der Waals surface area contributed by atoms with E-state index in [0.717, 1.165) is 0 Å². The van der Waals surface area contributed by atoms with Gasteiger partial charge in [0.1, 0.15) is 17.1 Å². The number of carbonyl (C=O) groups excluding carboxylic acids is 1. The van der Waals surface area contributed by atoms with Crippen molar-refractivity contribution in [3.05, 3.63) is 45.8 Å². The summed E-state index contributed by atoms with van der Waals surface area (Å²) in [4.78, 5) is 11.7. The van der Waals surface area contributed by atoms with Gasteiger partial charge in [-0.05, 0) is 25.1 Å². The van der Waals surface area contributed by atoms with Crippen molar-refractivity contribution in [2.75, 3.05) is 0 Å². The van der Waals surface area contributed by atoms with E-state index in [-0.39, 0.29) is 16.3 Å². The maximum Gasteiger partial charge on any atom is 0.348 e. The van der Waals surface area contributed by atoms with Gasteiger partial charge in [0, 0.05) is 5.02 Å².